The predicted octanol–water partition coefficient (Wildman–Crippen LogP) is 2.55. The second-order valence-corrected chi connectivity index (χ2v) is 3.65. The van der Waals surface area contributed by atoms with Gasteiger partial charge in [0.05, 0.1) is 10.7 Å². The first-order chi connectivity index (χ1) is 7.70. The third-order valence-corrected chi connectivity index (χ3v) is 2.64. The van der Waals surface area contributed by atoms with Crippen LogP contribution in [0, 0.1) is 0 Å². The lowest BCUT2D eigenvalue weighted by Crippen LogP contribution is -2.03. The van der Waals surface area contributed by atoms with E-state index in [2.05, 4.69) is 4.98 Å². The number of rotatable bonds is 2. The largest absolute Gasteiger partial charge is 0.398 e. The molecule has 80 valence electrons. The number of nitrogens with zero attached hydrogens (tertiary/aromatic N) is 1. The smallest absolute Gasteiger partial charge is 0.194 e. The molecule has 0 amide bonds. The molecular weight excluding hydrogens is 224 g/mol. The van der Waals surface area contributed by atoms with Crippen LogP contribution in [0.25, 0.3) is 0 Å². The van der Waals surface area contributed by atoms with Crippen molar-refractivity contribution in [3.8, 4) is 0 Å². The van der Waals surface area contributed by atoms with Crippen molar-refractivity contribution in [2.45, 2.75) is 0 Å². The maximum absolute atomic E-state index is 12.1. The van der Waals surface area contributed by atoms with Gasteiger partial charge in [0.2, 0.25) is 0 Å². The van der Waals surface area contributed by atoms with E-state index in [0.717, 1.165) is 0 Å². The van der Waals surface area contributed by atoms with Crippen LogP contribution >= 0.6 is 11.6 Å². The zero-order chi connectivity index (χ0) is 11.5. The van der Waals surface area contributed by atoms with Gasteiger partial charge in [-0.3, -0.25) is 9.78 Å². The SMILES string of the molecule is Nc1cccc(C(=O)c2ccncc2)c1Cl. The van der Waals surface area contributed by atoms with Crippen molar-refractivity contribution in [3.05, 3.63) is 58.9 Å². The minimum Gasteiger partial charge on any atom is -0.398 e. The summed E-state index contributed by atoms with van der Waals surface area (Å²) in [5.74, 6) is -0.153. The molecule has 0 aliphatic heterocycles. The van der Waals surface area contributed by atoms with Crippen LogP contribution in [-0.4, -0.2) is 10.8 Å². The van der Waals surface area contributed by atoms with Crippen molar-refractivity contribution >= 4 is 23.1 Å². The first kappa shape index (κ1) is 10.6. The Balaban J connectivity index is 2.46. The molecule has 0 unspecified atom stereocenters. The first-order valence-corrected chi connectivity index (χ1v) is 5.06. The Kier molecular flexibility index (Phi) is 2.88. The fraction of sp³-hybridized carbons (Fsp3) is 0. The van der Waals surface area contributed by atoms with E-state index >= 15 is 0 Å². The number of nitrogen functional groups attached to an aromatic ring is 1. The molecule has 0 saturated carbocycles. The molecule has 1 heterocycles. The summed E-state index contributed by atoms with van der Waals surface area (Å²) in [6, 6.07) is 8.30. The third kappa shape index (κ3) is 1.90. The summed E-state index contributed by atoms with van der Waals surface area (Å²) in [6.07, 6.45) is 3.13. The van der Waals surface area contributed by atoms with Crippen LogP contribution in [0.5, 0.6) is 0 Å². The maximum Gasteiger partial charge on any atom is 0.194 e. The molecule has 1 aromatic heterocycles. The number of halogens is 1. The average Bonchev–Trinajstić information content (AvgIpc) is 2.33. The monoisotopic (exact) mass is 232 g/mol. The molecule has 3 nitrogen and oxygen atoms in total. The van der Waals surface area contributed by atoms with Gasteiger partial charge < -0.3 is 5.73 Å². The van der Waals surface area contributed by atoms with Crippen LogP contribution in [0.1, 0.15) is 15.9 Å². The van der Waals surface area contributed by atoms with Crippen molar-refractivity contribution in [3.63, 3.8) is 0 Å². The minimum atomic E-state index is -0.153. The zero-order valence-electron chi connectivity index (χ0n) is 8.35. The van der Waals surface area contributed by atoms with Crippen LogP contribution in [0.15, 0.2) is 42.7 Å². The fourth-order valence-corrected chi connectivity index (χ4v) is 1.60. The topological polar surface area (TPSA) is 56.0 Å². The van der Waals surface area contributed by atoms with Gasteiger partial charge >= 0.3 is 0 Å². The van der Waals surface area contributed by atoms with E-state index in [0.29, 0.717) is 21.8 Å². The zero-order valence-corrected chi connectivity index (χ0v) is 9.11. The number of carbonyl (C=O) groups excluding carboxylic acids is 1. The molecule has 0 radical (unpaired) electrons. The fourth-order valence-electron chi connectivity index (χ4n) is 1.38. The Morgan fingerprint density at radius 2 is 1.88 bits per heavy atom. The van der Waals surface area contributed by atoms with Crippen molar-refractivity contribution in [1.82, 2.24) is 4.98 Å². The molecule has 1 aromatic carbocycles. The van der Waals surface area contributed by atoms with Gasteiger partial charge in [0.25, 0.3) is 0 Å². The molecule has 2 aromatic rings. The molecule has 2 N–H and O–H groups in total. The third-order valence-electron chi connectivity index (χ3n) is 2.22. The Labute approximate surface area is 97.9 Å². The second kappa shape index (κ2) is 4.33. The van der Waals surface area contributed by atoms with E-state index in [4.69, 9.17) is 17.3 Å². The molecule has 0 aliphatic carbocycles. The summed E-state index contributed by atoms with van der Waals surface area (Å²) in [5, 5.41) is 0.296. The molecule has 0 saturated heterocycles. The lowest BCUT2D eigenvalue weighted by Gasteiger charge is -2.05. The second-order valence-electron chi connectivity index (χ2n) is 3.27. The Hall–Kier alpha value is -1.87. The molecule has 0 bridgehead atoms. The highest BCUT2D eigenvalue weighted by molar-refractivity contribution is 6.37. The number of nitrogens with two attached hydrogens (primary N) is 1. The lowest BCUT2D eigenvalue weighted by molar-refractivity contribution is 0.103. The van der Waals surface area contributed by atoms with Gasteiger partial charge in [-0.1, -0.05) is 17.7 Å². The highest BCUT2D eigenvalue weighted by Gasteiger charge is 2.13. The summed E-state index contributed by atoms with van der Waals surface area (Å²) in [6.45, 7) is 0. The van der Waals surface area contributed by atoms with Crippen LogP contribution in [0.3, 0.4) is 0 Å². The van der Waals surface area contributed by atoms with Crippen molar-refractivity contribution in [1.29, 1.82) is 0 Å². The number of anilines is 1. The molecular formula is C12H9ClN2O. The summed E-state index contributed by atoms with van der Waals surface area (Å²) in [5.41, 5.74) is 7.00. The predicted molar refractivity (Wildman–Crippen MR) is 63.5 cm³/mol. The first-order valence-electron chi connectivity index (χ1n) is 4.69. The van der Waals surface area contributed by atoms with E-state index in [9.17, 15) is 4.79 Å². The van der Waals surface area contributed by atoms with E-state index < -0.39 is 0 Å². The van der Waals surface area contributed by atoms with Gasteiger partial charge in [0.15, 0.2) is 5.78 Å². The van der Waals surface area contributed by atoms with Crippen LogP contribution < -0.4 is 5.73 Å². The standard InChI is InChI=1S/C12H9ClN2O/c13-11-9(2-1-3-10(11)14)12(16)8-4-6-15-7-5-8/h1-7H,14H2. The van der Waals surface area contributed by atoms with Crippen molar-refractivity contribution in [2.24, 2.45) is 0 Å². The molecule has 0 spiro atoms. The Bertz CT molecular complexity index is 526. The number of hydrogen-bond donors (Lipinski definition) is 1. The number of ketones is 1. The highest BCUT2D eigenvalue weighted by atomic mass is 35.5. The Morgan fingerprint density at radius 3 is 2.56 bits per heavy atom. The highest BCUT2D eigenvalue weighted by Crippen LogP contribution is 2.25. The van der Waals surface area contributed by atoms with Gasteiger partial charge in [0.1, 0.15) is 0 Å². The normalized spacial score (nSPS) is 10.1. The van der Waals surface area contributed by atoms with E-state index in [1.54, 1.807) is 42.7 Å². The average molecular weight is 233 g/mol. The molecule has 0 atom stereocenters. The van der Waals surface area contributed by atoms with Gasteiger partial charge in [-0.2, -0.15) is 0 Å². The van der Waals surface area contributed by atoms with Gasteiger partial charge in [-0.25, -0.2) is 0 Å². The maximum atomic E-state index is 12.1. The van der Waals surface area contributed by atoms with Gasteiger partial charge in [0, 0.05) is 23.5 Å². The summed E-state index contributed by atoms with van der Waals surface area (Å²) < 4.78 is 0. The number of aromatic nitrogens is 1. The molecule has 16 heavy (non-hydrogen) atoms. The van der Waals surface area contributed by atoms with E-state index in [1.807, 2.05) is 0 Å². The summed E-state index contributed by atoms with van der Waals surface area (Å²) in [7, 11) is 0. The molecule has 2 rings (SSSR count). The summed E-state index contributed by atoms with van der Waals surface area (Å²) >= 11 is 5.98. The Morgan fingerprint density at radius 1 is 1.19 bits per heavy atom. The van der Waals surface area contributed by atoms with Crippen LogP contribution in [0.4, 0.5) is 5.69 Å². The van der Waals surface area contributed by atoms with Crippen LogP contribution in [0.2, 0.25) is 5.02 Å². The van der Waals surface area contributed by atoms with Gasteiger partial charge in [-0.15, -0.1) is 0 Å². The minimum absolute atomic E-state index is 0.153. The summed E-state index contributed by atoms with van der Waals surface area (Å²) in [4.78, 5) is 15.9. The van der Waals surface area contributed by atoms with Crippen LogP contribution in [-0.2, 0) is 0 Å². The molecule has 4 heteroatoms. The van der Waals surface area contributed by atoms with E-state index in [1.165, 1.54) is 0 Å². The molecule has 0 fully saturated rings. The van der Waals surface area contributed by atoms with Crippen molar-refractivity contribution in [2.75, 3.05) is 5.73 Å². The number of hydrogen-bond acceptors (Lipinski definition) is 3. The van der Waals surface area contributed by atoms with Gasteiger partial charge in [-0.05, 0) is 24.3 Å². The van der Waals surface area contributed by atoms with Crippen molar-refractivity contribution < 1.29 is 4.79 Å². The quantitative estimate of drug-likeness (QED) is 0.640. The molecule has 0 aliphatic rings. The number of pyridine rings is 1. The van der Waals surface area contributed by atoms with E-state index in [-0.39, 0.29) is 5.78 Å². The lowest BCUT2D eigenvalue weighted by atomic mass is 10.0. The number of benzene rings is 1. The number of carbonyl (C=O) groups is 1.